The first kappa shape index (κ1) is 16.7. The molecule has 1 aliphatic heterocycles. The first-order chi connectivity index (χ1) is 9.90. The van der Waals surface area contributed by atoms with Crippen molar-refractivity contribution in [2.24, 2.45) is 0 Å². The first-order valence-corrected chi connectivity index (χ1v) is 8.10. The summed E-state index contributed by atoms with van der Waals surface area (Å²) < 4.78 is -1.95. The van der Waals surface area contributed by atoms with Crippen LogP contribution in [0.3, 0.4) is 0 Å². The van der Waals surface area contributed by atoms with E-state index in [4.69, 9.17) is 34.8 Å². The predicted octanol–water partition coefficient (Wildman–Crippen LogP) is 1.72. The number of hydrogen-bond donors (Lipinski definition) is 2. The number of amides is 1. The Morgan fingerprint density at radius 2 is 1.81 bits per heavy atom. The van der Waals surface area contributed by atoms with Gasteiger partial charge in [-0.15, -0.1) is 0 Å². The molecule has 0 bridgehead atoms. The van der Waals surface area contributed by atoms with Crippen LogP contribution in [-0.2, 0) is 4.79 Å². The number of hydrogen-bond acceptors (Lipinski definition) is 2. The number of carbonyl (C=O) groups excluding carboxylic acids is 1. The molecule has 1 aliphatic rings. The van der Waals surface area contributed by atoms with Crippen LogP contribution in [0.2, 0.25) is 0 Å². The molecule has 1 fully saturated rings. The molecule has 1 saturated heterocycles. The average Bonchev–Trinajstić information content (AvgIpc) is 2.47. The molecule has 0 unspecified atom stereocenters. The van der Waals surface area contributed by atoms with Gasteiger partial charge in [-0.05, 0) is 31.2 Å². The van der Waals surface area contributed by atoms with Crippen molar-refractivity contribution in [3.8, 4) is 0 Å². The van der Waals surface area contributed by atoms with Gasteiger partial charge in [-0.2, -0.15) is 0 Å². The highest BCUT2D eigenvalue weighted by Gasteiger charge is 2.30. The number of halogens is 3. The standard InChI is InChI=1S/C14H18Cl3N3O/c1-2-19-7-9-20(10-8-19)12-5-3-11(4-6-12)18-13(21)14(15,16)17/h3-6H,2,7-10H2,1H3,(H,18,21)/p+1. The van der Waals surface area contributed by atoms with E-state index in [9.17, 15) is 4.79 Å². The number of quaternary nitrogens is 1. The molecule has 4 nitrogen and oxygen atoms in total. The Bertz CT molecular complexity index is 479. The van der Waals surface area contributed by atoms with Crippen LogP contribution in [0.1, 0.15) is 6.92 Å². The third-order valence-electron chi connectivity index (χ3n) is 3.72. The van der Waals surface area contributed by atoms with Crippen LogP contribution in [0, 0.1) is 0 Å². The van der Waals surface area contributed by atoms with Crippen molar-refractivity contribution in [1.29, 1.82) is 0 Å². The Labute approximate surface area is 139 Å². The lowest BCUT2D eigenvalue weighted by Crippen LogP contribution is -3.14. The van der Waals surface area contributed by atoms with Crippen LogP contribution in [-0.4, -0.2) is 42.4 Å². The topological polar surface area (TPSA) is 36.8 Å². The Morgan fingerprint density at radius 3 is 2.29 bits per heavy atom. The molecule has 1 aromatic carbocycles. The molecule has 0 aromatic heterocycles. The summed E-state index contributed by atoms with van der Waals surface area (Å²) in [7, 11) is 0. The second-order valence-corrected chi connectivity index (χ2v) is 7.37. The quantitative estimate of drug-likeness (QED) is 0.814. The molecule has 7 heteroatoms. The van der Waals surface area contributed by atoms with E-state index in [2.05, 4.69) is 17.1 Å². The number of alkyl halides is 3. The maximum Gasteiger partial charge on any atom is 0.276 e. The van der Waals surface area contributed by atoms with Gasteiger partial charge < -0.3 is 15.1 Å². The zero-order valence-electron chi connectivity index (χ0n) is 11.8. The molecule has 1 aromatic rings. The van der Waals surface area contributed by atoms with Crippen molar-refractivity contribution >= 4 is 52.1 Å². The van der Waals surface area contributed by atoms with Crippen molar-refractivity contribution in [3.05, 3.63) is 24.3 Å². The number of benzene rings is 1. The van der Waals surface area contributed by atoms with E-state index < -0.39 is 9.70 Å². The highest BCUT2D eigenvalue weighted by Crippen LogP contribution is 2.28. The monoisotopic (exact) mass is 350 g/mol. The third kappa shape index (κ3) is 4.65. The lowest BCUT2D eigenvalue weighted by Gasteiger charge is -2.33. The van der Waals surface area contributed by atoms with Gasteiger partial charge in [0.1, 0.15) is 0 Å². The van der Waals surface area contributed by atoms with Gasteiger partial charge in [0.2, 0.25) is 0 Å². The number of carbonyl (C=O) groups is 1. The van der Waals surface area contributed by atoms with Crippen LogP contribution in [0.25, 0.3) is 0 Å². The molecule has 1 heterocycles. The van der Waals surface area contributed by atoms with Crippen LogP contribution >= 0.6 is 34.8 Å². The van der Waals surface area contributed by atoms with E-state index in [1.165, 1.54) is 6.54 Å². The van der Waals surface area contributed by atoms with Crippen molar-refractivity contribution in [2.75, 3.05) is 42.9 Å². The second-order valence-electron chi connectivity index (χ2n) is 5.09. The maximum absolute atomic E-state index is 11.6. The Morgan fingerprint density at radius 1 is 1.24 bits per heavy atom. The number of anilines is 2. The van der Waals surface area contributed by atoms with E-state index in [-0.39, 0.29) is 0 Å². The van der Waals surface area contributed by atoms with E-state index in [0.717, 1.165) is 31.9 Å². The van der Waals surface area contributed by atoms with E-state index in [0.29, 0.717) is 5.69 Å². The Kier molecular flexibility index (Phi) is 5.60. The molecule has 2 N–H and O–H groups in total. The summed E-state index contributed by atoms with van der Waals surface area (Å²) in [6.07, 6.45) is 0. The number of likely N-dealkylation sites (N-methyl/N-ethyl adjacent to an activating group) is 1. The predicted molar refractivity (Wildman–Crippen MR) is 88.8 cm³/mol. The minimum atomic E-state index is -1.95. The summed E-state index contributed by atoms with van der Waals surface area (Å²) in [5.74, 6) is -0.652. The summed E-state index contributed by atoms with van der Waals surface area (Å²) in [6, 6.07) is 7.60. The Hall–Kier alpha value is -0.680. The minimum absolute atomic E-state index is 0.618. The van der Waals surface area contributed by atoms with Gasteiger partial charge in [0.05, 0.1) is 32.7 Å². The second kappa shape index (κ2) is 7.05. The van der Waals surface area contributed by atoms with Crippen LogP contribution in [0.4, 0.5) is 11.4 Å². The molecule has 2 rings (SSSR count). The van der Waals surface area contributed by atoms with Gasteiger partial charge in [0.15, 0.2) is 0 Å². The van der Waals surface area contributed by atoms with Crippen LogP contribution in [0.15, 0.2) is 24.3 Å². The molecule has 0 aliphatic carbocycles. The molecular weight excluding hydrogens is 333 g/mol. The van der Waals surface area contributed by atoms with Crippen molar-refractivity contribution in [2.45, 2.75) is 10.7 Å². The number of piperazine rings is 1. The van der Waals surface area contributed by atoms with Gasteiger partial charge in [0.25, 0.3) is 9.70 Å². The molecule has 0 spiro atoms. The molecule has 0 saturated carbocycles. The molecule has 116 valence electrons. The normalized spacial score (nSPS) is 16.9. The van der Waals surface area contributed by atoms with E-state index >= 15 is 0 Å². The van der Waals surface area contributed by atoms with E-state index in [1.807, 2.05) is 24.3 Å². The summed E-state index contributed by atoms with van der Waals surface area (Å²) in [4.78, 5) is 15.6. The molecular formula is C14H19Cl3N3O+. The third-order valence-corrected chi connectivity index (χ3v) is 4.23. The lowest BCUT2D eigenvalue weighted by molar-refractivity contribution is -0.898. The molecule has 21 heavy (non-hydrogen) atoms. The molecule has 0 atom stereocenters. The SMILES string of the molecule is CC[NH+]1CCN(c2ccc(NC(=O)C(Cl)(Cl)Cl)cc2)CC1. The minimum Gasteiger partial charge on any atom is -0.360 e. The van der Waals surface area contributed by atoms with Crippen LogP contribution < -0.4 is 15.1 Å². The lowest BCUT2D eigenvalue weighted by atomic mass is 10.2. The van der Waals surface area contributed by atoms with Gasteiger partial charge in [0, 0.05) is 11.4 Å². The van der Waals surface area contributed by atoms with E-state index in [1.54, 1.807) is 4.90 Å². The summed E-state index contributed by atoms with van der Waals surface area (Å²) >= 11 is 16.6. The first-order valence-electron chi connectivity index (χ1n) is 6.97. The fourth-order valence-electron chi connectivity index (χ4n) is 2.39. The van der Waals surface area contributed by atoms with Crippen molar-refractivity contribution in [3.63, 3.8) is 0 Å². The zero-order chi connectivity index (χ0) is 15.5. The molecule has 1 amide bonds. The fourth-order valence-corrected chi connectivity index (χ4v) is 2.53. The van der Waals surface area contributed by atoms with Gasteiger partial charge >= 0.3 is 0 Å². The molecule has 0 radical (unpaired) electrons. The van der Waals surface area contributed by atoms with Crippen molar-refractivity contribution in [1.82, 2.24) is 0 Å². The Balaban J connectivity index is 1.95. The zero-order valence-corrected chi connectivity index (χ0v) is 14.1. The number of rotatable bonds is 3. The van der Waals surface area contributed by atoms with Crippen molar-refractivity contribution < 1.29 is 9.69 Å². The summed E-state index contributed by atoms with van der Waals surface area (Å²) in [5, 5.41) is 2.57. The smallest absolute Gasteiger partial charge is 0.276 e. The average molecular weight is 352 g/mol. The highest BCUT2D eigenvalue weighted by molar-refractivity contribution is 6.76. The summed E-state index contributed by atoms with van der Waals surface area (Å²) in [5.41, 5.74) is 1.77. The highest BCUT2D eigenvalue weighted by atomic mass is 35.6. The van der Waals surface area contributed by atoms with Gasteiger partial charge in [-0.1, -0.05) is 34.8 Å². The van der Waals surface area contributed by atoms with Gasteiger partial charge in [-0.3, -0.25) is 4.79 Å². The maximum atomic E-state index is 11.6. The number of nitrogens with zero attached hydrogens (tertiary/aromatic N) is 1. The largest absolute Gasteiger partial charge is 0.360 e. The fraction of sp³-hybridized carbons (Fsp3) is 0.500. The number of nitrogens with one attached hydrogen (secondary N) is 2. The van der Waals surface area contributed by atoms with Crippen LogP contribution in [0.5, 0.6) is 0 Å². The van der Waals surface area contributed by atoms with Gasteiger partial charge in [-0.25, -0.2) is 0 Å². The summed E-state index contributed by atoms with van der Waals surface area (Å²) in [6.45, 7) is 7.79.